The molecular formula is C17H20F3N3O2. The van der Waals surface area contributed by atoms with Gasteiger partial charge in [0.15, 0.2) is 11.6 Å². The van der Waals surface area contributed by atoms with Gasteiger partial charge in [0.25, 0.3) is 0 Å². The number of nitrogens with zero attached hydrogens (tertiary/aromatic N) is 1. The lowest BCUT2D eigenvalue weighted by Gasteiger charge is -2.40. The van der Waals surface area contributed by atoms with Gasteiger partial charge in [-0.25, -0.2) is 13.2 Å². The van der Waals surface area contributed by atoms with Gasteiger partial charge in [-0.2, -0.15) is 0 Å². The van der Waals surface area contributed by atoms with Crippen LogP contribution in [0.5, 0.6) is 0 Å². The van der Waals surface area contributed by atoms with Crippen molar-refractivity contribution in [2.45, 2.75) is 50.2 Å². The maximum atomic E-state index is 13.8. The van der Waals surface area contributed by atoms with Crippen LogP contribution in [0.3, 0.4) is 0 Å². The Labute approximate surface area is 143 Å². The molecule has 0 spiro atoms. The molecule has 2 saturated heterocycles. The van der Waals surface area contributed by atoms with E-state index in [4.69, 9.17) is 11.5 Å². The zero-order valence-electron chi connectivity index (χ0n) is 13.6. The van der Waals surface area contributed by atoms with Crippen molar-refractivity contribution in [1.82, 2.24) is 4.90 Å². The fourth-order valence-corrected chi connectivity index (χ4v) is 4.17. The summed E-state index contributed by atoms with van der Waals surface area (Å²) in [7, 11) is 0. The van der Waals surface area contributed by atoms with E-state index in [1.807, 2.05) is 0 Å². The van der Waals surface area contributed by atoms with Gasteiger partial charge in [0.1, 0.15) is 5.82 Å². The molecule has 25 heavy (non-hydrogen) atoms. The summed E-state index contributed by atoms with van der Waals surface area (Å²) >= 11 is 0. The van der Waals surface area contributed by atoms with Crippen molar-refractivity contribution in [3.05, 3.63) is 35.1 Å². The van der Waals surface area contributed by atoms with Gasteiger partial charge in [0, 0.05) is 24.2 Å². The smallest absolute Gasteiger partial charge is 0.312 e. The molecule has 2 aliphatic heterocycles. The number of benzene rings is 1. The fraction of sp³-hybridized carbons (Fsp3) is 0.529. The van der Waals surface area contributed by atoms with Gasteiger partial charge < -0.3 is 16.4 Å². The standard InChI is InChI=1S/C17H20F3N3O2/c18-12-7-14(20)13(19)5-8(12)6-15(21)9-3-10-1-2-11(4-9)23(10)17(25)16(22)24/h5,7,9-11,15H,1-4,6,21H2,(H2,22,24)/t9?,10-,11+,15-/m1/s1. The summed E-state index contributed by atoms with van der Waals surface area (Å²) in [6.45, 7) is 0. The van der Waals surface area contributed by atoms with Gasteiger partial charge in [0.05, 0.1) is 0 Å². The number of hydrogen-bond donors (Lipinski definition) is 2. The second-order valence-corrected chi connectivity index (χ2v) is 6.92. The van der Waals surface area contributed by atoms with E-state index in [-0.39, 0.29) is 30.0 Å². The second kappa shape index (κ2) is 6.67. The van der Waals surface area contributed by atoms with Gasteiger partial charge in [-0.1, -0.05) is 0 Å². The van der Waals surface area contributed by atoms with E-state index in [1.54, 1.807) is 4.90 Å². The second-order valence-electron chi connectivity index (χ2n) is 6.92. The SMILES string of the molecule is NC(=O)C(=O)N1[C@@H]2CC[C@H]1CC([C@H](N)Cc1cc(F)c(F)cc1F)C2. The quantitative estimate of drug-likeness (QED) is 0.631. The van der Waals surface area contributed by atoms with Gasteiger partial charge in [-0.15, -0.1) is 0 Å². The van der Waals surface area contributed by atoms with E-state index >= 15 is 0 Å². The number of nitrogens with two attached hydrogens (primary N) is 2. The Morgan fingerprint density at radius 2 is 1.64 bits per heavy atom. The summed E-state index contributed by atoms with van der Waals surface area (Å²) in [4.78, 5) is 24.6. The highest BCUT2D eigenvalue weighted by molar-refractivity contribution is 6.34. The molecule has 2 bridgehead atoms. The molecule has 4 atom stereocenters. The van der Waals surface area contributed by atoms with Crippen molar-refractivity contribution >= 4 is 11.8 Å². The van der Waals surface area contributed by atoms with Crippen molar-refractivity contribution in [2.75, 3.05) is 0 Å². The van der Waals surface area contributed by atoms with Gasteiger partial charge in [-0.05, 0) is 49.7 Å². The van der Waals surface area contributed by atoms with Crippen LogP contribution in [0.1, 0.15) is 31.2 Å². The normalized spacial score (nSPS) is 26.6. The van der Waals surface area contributed by atoms with Crippen molar-refractivity contribution in [1.29, 1.82) is 0 Å². The summed E-state index contributed by atoms with van der Waals surface area (Å²) in [5.41, 5.74) is 11.3. The summed E-state index contributed by atoms with van der Waals surface area (Å²) in [6, 6.07) is 0.697. The highest BCUT2D eigenvalue weighted by Crippen LogP contribution is 2.40. The molecule has 2 aliphatic rings. The maximum Gasteiger partial charge on any atom is 0.312 e. The molecule has 0 radical (unpaired) electrons. The summed E-state index contributed by atoms with van der Waals surface area (Å²) in [6.07, 6.45) is 2.79. The highest BCUT2D eigenvalue weighted by Gasteiger charge is 2.45. The molecule has 8 heteroatoms. The van der Waals surface area contributed by atoms with Crippen LogP contribution in [0.25, 0.3) is 0 Å². The van der Waals surface area contributed by atoms with E-state index in [0.29, 0.717) is 18.9 Å². The van der Waals surface area contributed by atoms with E-state index in [2.05, 4.69) is 0 Å². The number of carbonyl (C=O) groups is 2. The molecule has 5 nitrogen and oxygen atoms in total. The first-order valence-electron chi connectivity index (χ1n) is 8.29. The predicted octanol–water partition coefficient (Wildman–Crippen LogP) is 1.23. The van der Waals surface area contributed by atoms with Crippen LogP contribution in [0.15, 0.2) is 12.1 Å². The van der Waals surface area contributed by atoms with Crippen LogP contribution < -0.4 is 11.5 Å². The van der Waals surface area contributed by atoms with Crippen LogP contribution in [-0.2, 0) is 16.0 Å². The van der Waals surface area contributed by atoms with Crippen molar-refractivity contribution in [2.24, 2.45) is 17.4 Å². The topological polar surface area (TPSA) is 89.4 Å². The number of hydrogen-bond acceptors (Lipinski definition) is 3. The number of primary amides is 1. The molecule has 3 rings (SSSR count). The van der Waals surface area contributed by atoms with Crippen LogP contribution in [0.4, 0.5) is 13.2 Å². The molecule has 0 aliphatic carbocycles. The fourth-order valence-electron chi connectivity index (χ4n) is 4.17. The van der Waals surface area contributed by atoms with Crippen molar-refractivity contribution in [3.8, 4) is 0 Å². The predicted molar refractivity (Wildman–Crippen MR) is 83.6 cm³/mol. The molecule has 1 aromatic carbocycles. The Bertz CT molecular complexity index is 699. The Balaban J connectivity index is 1.69. The Morgan fingerprint density at radius 1 is 1.08 bits per heavy atom. The van der Waals surface area contributed by atoms with E-state index < -0.39 is 35.3 Å². The molecule has 2 amide bonds. The lowest BCUT2D eigenvalue weighted by atomic mass is 9.82. The van der Waals surface area contributed by atoms with Crippen LogP contribution in [0, 0.1) is 23.4 Å². The molecule has 2 heterocycles. The Morgan fingerprint density at radius 3 is 2.20 bits per heavy atom. The number of carbonyl (C=O) groups excluding carboxylic acids is 2. The third kappa shape index (κ3) is 3.35. The number of rotatable bonds is 3. The molecule has 1 aromatic rings. The maximum absolute atomic E-state index is 13.8. The molecule has 4 N–H and O–H groups in total. The summed E-state index contributed by atoms with van der Waals surface area (Å²) in [5, 5.41) is 0. The zero-order valence-corrected chi connectivity index (χ0v) is 13.6. The van der Waals surface area contributed by atoms with Gasteiger partial charge >= 0.3 is 11.8 Å². The molecule has 0 saturated carbocycles. The number of fused-ring (bicyclic) bond motifs is 2. The molecule has 1 unspecified atom stereocenters. The van der Waals surface area contributed by atoms with Gasteiger partial charge in [0.2, 0.25) is 0 Å². The first kappa shape index (κ1) is 17.7. The number of piperidine rings is 1. The van der Waals surface area contributed by atoms with Crippen molar-refractivity contribution in [3.63, 3.8) is 0 Å². The van der Waals surface area contributed by atoms with E-state index in [0.717, 1.165) is 18.9 Å². The highest BCUT2D eigenvalue weighted by atomic mass is 19.2. The summed E-state index contributed by atoms with van der Waals surface area (Å²) < 4.78 is 40.2. The minimum absolute atomic E-state index is 0.00180. The lowest BCUT2D eigenvalue weighted by molar-refractivity contribution is -0.147. The van der Waals surface area contributed by atoms with E-state index in [9.17, 15) is 22.8 Å². The molecule has 0 aromatic heterocycles. The van der Waals surface area contributed by atoms with Gasteiger partial charge in [-0.3, -0.25) is 9.59 Å². The monoisotopic (exact) mass is 355 g/mol. The third-order valence-corrected chi connectivity index (χ3v) is 5.37. The van der Waals surface area contributed by atoms with Crippen LogP contribution in [0.2, 0.25) is 0 Å². The van der Waals surface area contributed by atoms with E-state index in [1.165, 1.54) is 0 Å². The number of halogens is 3. The first-order chi connectivity index (χ1) is 11.8. The van der Waals surface area contributed by atoms with Crippen LogP contribution >= 0.6 is 0 Å². The minimum atomic E-state index is -1.23. The average Bonchev–Trinajstić information content (AvgIpc) is 2.80. The Kier molecular flexibility index (Phi) is 4.73. The third-order valence-electron chi connectivity index (χ3n) is 5.37. The van der Waals surface area contributed by atoms with Crippen molar-refractivity contribution < 1.29 is 22.8 Å². The molecule has 136 valence electrons. The lowest BCUT2D eigenvalue weighted by Crippen LogP contribution is -2.53. The Hall–Kier alpha value is -2.09. The first-order valence-corrected chi connectivity index (χ1v) is 8.29. The molecular weight excluding hydrogens is 335 g/mol. The average molecular weight is 355 g/mol. The minimum Gasteiger partial charge on any atom is -0.361 e. The molecule has 2 fully saturated rings. The summed E-state index contributed by atoms with van der Waals surface area (Å²) in [5.74, 6) is -4.80. The number of amides is 2. The zero-order chi connectivity index (χ0) is 18.3. The largest absolute Gasteiger partial charge is 0.361 e. The van der Waals surface area contributed by atoms with Crippen LogP contribution in [-0.4, -0.2) is 34.8 Å².